The maximum atomic E-state index is 4.21. The molecule has 0 N–H and O–H groups in total. The Hall–Kier alpha value is -2.48. The molecular formula is C26H36N2. The first-order chi connectivity index (χ1) is 13.6. The Labute approximate surface area is 172 Å². The Morgan fingerprint density at radius 3 is 1.82 bits per heavy atom. The molecule has 0 saturated carbocycles. The maximum Gasteiger partial charge on any atom is 0.0446 e. The third-order valence-electron chi connectivity index (χ3n) is 5.09. The molecule has 0 radical (unpaired) electrons. The highest BCUT2D eigenvalue weighted by atomic mass is 15.1. The van der Waals surface area contributed by atoms with E-state index in [-0.39, 0.29) is 0 Å². The zero-order chi connectivity index (χ0) is 20.4. The zero-order valence-corrected chi connectivity index (χ0v) is 18.1. The number of hydrogen-bond acceptors (Lipinski definition) is 2. The molecule has 150 valence electrons. The summed E-state index contributed by atoms with van der Waals surface area (Å²) in [6, 6.07) is 19.6. The summed E-state index contributed by atoms with van der Waals surface area (Å²) in [6.07, 6.45) is 6.84. The van der Waals surface area contributed by atoms with Gasteiger partial charge in [-0.15, -0.1) is 0 Å². The number of unbranched alkanes of at least 4 members (excludes halogenated alkanes) is 2. The van der Waals surface area contributed by atoms with E-state index in [1.54, 1.807) is 0 Å². The van der Waals surface area contributed by atoms with Gasteiger partial charge < -0.3 is 9.80 Å². The Bertz CT molecular complexity index is 734. The van der Waals surface area contributed by atoms with Crippen molar-refractivity contribution >= 4 is 11.3 Å². The molecule has 0 bridgehead atoms. The van der Waals surface area contributed by atoms with Crippen LogP contribution in [0.1, 0.15) is 50.7 Å². The van der Waals surface area contributed by atoms with E-state index in [0.717, 1.165) is 13.1 Å². The van der Waals surface area contributed by atoms with Crippen molar-refractivity contribution in [2.24, 2.45) is 0 Å². The molecule has 0 aromatic heterocycles. The molecule has 2 aromatic carbocycles. The third-order valence-corrected chi connectivity index (χ3v) is 5.09. The minimum Gasteiger partial charge on any atom is -0.378 e. The number of benzene rings is 2. The van der Waals surface area contributed by atoms with Crippen LogP contribution in [-0.4, -0.2) is 32.1 Å². The summed E-state index contributed by atoms with van der Waals surface area (Å²) in [6.45, 7) is 10.9. The van der Waals surface area contributed by atoms with Gasteiger partial charge in [0.1, 0.15) is 0 Å². The smallest absolute Gasteiger partial charge is 0.0446 e. The highest BCUT2D eigenvalue weighted by molar-refractivity contribution is 5.83. The van der Waals surface area contributed by atoms with Gasteiger partial charge in [0, 0.05) is 44.1 Å². The van der Waals surface area contributed by atoms with Gasteiger partial charge in [-0.2, -0.15) is 0 Å². The van der Waals surface area contributed by atoms with Crippen LogP contribution in [0.4, 0.5) is 5.69 Å². The minimum absolute atomic E-state index is 1.07. The first kappa shape index (κ1) is 21.8. The van der Waals surface area contributed by atoms with Gasteiger partial charge >= 0.3 is 0 Å². The van der Waals surface area contributed by atoms with Crippen LogP contribution < -0.4 is 4.90 Å². The quantitative estimate of drug-likeness (QED) is 0.408. The summed E-state index contributed by atoms with van der Waals surface area (Å²) < 4.78 is 0. The van der Waals surface area contributed by atoms with Crippen molar-refractivity contribution in [3.05, 3.63) is 84.1 Å². The van der Waals surface area contributed by atoms with Gasteiger partial charge in [-0.3, -0.25) is 0 Å². The molecule has 0 heterocycles. The van der Waals surface area contributed by atoms with Crippen LogP contribution in [0.5, 0.6) is 0 Å². The lowest BCUT2D eigenvalue weighted by Crippen LogP contribution is -2.26. The second-order valence-electron chi connectivity index (χ2n) is 7.47. The lowest BCUT2D eigenvalue weighted by atomic mass is 9.94. The van der Waals surface area contributed by atoms with Crippen LogP contribution in [0.2, 0.25) is 0 Å². The van der Waals surface area contributed by atoms with E-state index in [1.165, 1.54) is 53.8 Å². The van der Waals surface area contributed by atoms with E-state index in [9.17, 15) is 0 Å². The fourth-order valence-corrected chi connectivity index (χ4v) is 3.43. The van der Waals surface area contributed by atoms with Gasteiger partial charge in [0.05, 0.1) is 0 Å². The normalized spacial score (nSPS) is 11.7. The number of rotatable bonds is 11. The molecule has 0 spiro atoms. The molecule has 2 heteroatoms. The number of nitrogens with zero attached hydrogens (tertiary/aromatic N) is 2. The van der Waals surface area contributed by atoms with Crippen molar-refractivity contribution in [3.8, 4) is 0 Å². The monoisotopic (exact) mass is 376 g/mol. The molecule has 0 aliphatic carbocycles. The van der Waals surface area contributed by atoms with Crippen LogP contribution in [0.3, 0.4) is 0 Å². The Kier molecular flexibility index (Phi) is 8.87. The molecule has 0 amide bonds. The summed E-state index contributed by atoms with van der Waals surface area (Å²) in [5, 5.41) is 0. The Morgan fingerprint density at radius 1 is 0.821 bits per heavy atom. The highest BCUT2D eigenvalue weighted by Crippen LogP contribution is 2.31. The van der Waals surface area contributed by atoms with E-state index in [4.69, 9.17) is 0 Å². The largest absolute Gasteiger partial charge is 0.378 e. The summed E-state index contributed by atoms with van der Waals surface area (Å²) >= 11 is 0. The van der Waals surface area contributed by atoms with E-state index in [2.05, 4.69) is 98.9 Å². The highest BCUT2D eigenvalue weighted by Gasteiger charge is 2.16. The van der Waals surface area contributed by atoms with Gasteiger partial charge in [0.2, 0.25) is 0 Å². The molecule has 0 unspecified atom stereocenters. The zero-order valence-electron chi connectivity index (χ0n) is 18.1. The predicted octanol–water partition coefficient (Wildman–Crippen LogP) is 6.60. The second kappa shape index (κ2) is 11.4. The molecular weight excluding hydrogens is 340 g/mol. The third kappa shape index (κ3) is 5.76. The van der Waals surface area contributed by atoms with Gasteiger partial charge in [-0.25, -0.2) is 0 Å². The van der Waals surface area contributed by atoms with Crippen molar-refractivity contribution in [2.75, 3.05) is 32.1 Å². The summed E-state index contributed by atoms with van der Waals surface area (Å²) in [5.74, 6) is 0. The number of hydrogen-bond donors (Lipinski definition) is 0. The van der Waals surface area contributed by atoms with Crippen molar-refractivity contribution in [1.82, 2.24) is 4.90 Å². The van der Waals surface area contributed by atoms with Crippen LogP contribution in [0, 0.1) is 0 Å². The predicted molar refractivity (Wildman–Crippen MR) is 125 cm³/mol. The number of anilines is 1. The summed E-state index contributed by atoms with van der Waals surface area (Å²) in [7, 11) is 4.16. The maximum absolute atomic E-state index is 4.21. The van der Waals surface area contributed by atoms with Gasteiger partial charge in [-0.1, -0.05) is 75.7 Å². The number of allylic oxidation sites excluding steroid dienone is 1. The fourth-order valence-electron chi connectivity index (χ4n) is 3.43. The molecule has 0 saturated heterocycles. The van der Waals surface area contributed by atoms with Gasteiger partial charge in [-0.05, 0) is 42.2 Å². The van der Waals surface area contributed by atoms with Gasteiger partial charge in [0.25, 0.3) is 0 Å². The molecule has 2 nitrogen and oxygen atoms in total. The molecule has 0 fully saturated rings. The molecule has 2 rings (SSSR count). The lowest BCUT2D eigenvalue weighted by Gasteiger charge is -2.29. The summed E-state index contributed by atoms with van der Waals surface area (Å²) in [4.78, 5) is 4.67. The molecule has 0 atom stereocenters. The van der Waals surface area contributed by atoms with Crippen LogP contribution in [0.15, 0.2) is 72.9 Å². The molecule has 2 aromatic rings. The second-order valence-corrected chi connectivity index (χ2v) is 7.47. The van der Waals surface area contributed by atoms with E-state index < -0.39 is 0 Å². The average molecular weight is 377 g/mol. The van der Waals surface area contributed by atoms with Crippen molar-refractivity contribution in [2.45, 2.75) is 39.5 Å². The van der Waals surface area contributed by atoms with Crippen molar-refractivity contribution < 1.29 is 0 Å². The first-order valence-corrected chi connectivity index (χ1v) is 10.6. The van der Waals surface area contributed by atoms with Crippen molar-refractivity contribution in [3.63, 3.8) is 0 Å². The molecule has 28 heavy (non-hydrogen) atoms. The molecule has 0 aliphatic rings. The van der Waals surface area contributed by atoms with Gasteiger partial charge in [0.15, 0.2) is 0 Å². The van der Waals surface area contributed by atoms with Crippen LogP contribution >= 0.6 is 0 Å². The topological polar surface area (TPSA) is 6.48 Å². The Morgan fingerprint density at radius 2 is 1.36 bits per heavy atom. The SMILES string of the molecule is C=CC(=C(c1ccccc1)c1ccc(N(C)C)cc1)N(CCCC)CCCC. The fraction of sp³-hybridized carbons (Fsp3) is 0.385. The van der Waals surface area contributed by atoms with E-state index in [1.807, 2.05) is 6.08 Å². The lowest BCUT2D eigenvalue weighted by molar-refractivity contribution is 0.342. The minimum atomic E-state index is 1.07. The van der Waals surface area contributed by atoms with E-state index >= 15 is 0 Å². The summed E-state index contributed by atoms with van der Waals surface area (Å²) in [5.41, 5.74) is 6.21. The molecule has 0 aliphatic heterocycles. The standard InChI is InChI=1S/C26H36N2/c1-6-9-20-28(21-10-7-2)25(8-3)26(22-14-12-11-13-15-22)23-16-18-24(19-17-23)27(4)5/h8,11-19H,3,6-7,9-10,20-21H2,1-2,4-5H3. The van der Waals surface area contributed by atoms with Crippen LogP contribution in [0.25, 0.3) is 5.57 Å². The average Bonchev–Trinajstić information content (AvgIpc) is 2.73. The first-order valence-electron chi connectivity index (χ1n) is 10.6. The van der Waals surface area contributed by atoms with Crippen LogP contribution in [-0.2, 0) is 0 Å². The van der Waals surface area contributed by atoms with E-state index in [0.29, 0.717) is 0 Å². The Balaban J connectivity index is 2.59. The van der Waals surface area contributed by atoms with Crippen molar-refractivity contribution in [1.29, 1.82) is 0 Å².